The third-order valence-corrected chi connectivity index (χ3v) is 4.99. The summed E-state index contributed by atoms with van der Waals surface area (Å²) in [6, 6.07) is 5.25. The number of benzene rings is 1. The topological polar surface area (TPSA) is 55.6 Å². The molecule has 0 unspecified atom stereocenters. The Morgan fingerprint density at radius 1 is 1.48 bits per heavy atom. The fourth-order valence-electron chi connectivity index (χ4n) is 2.50. The highest BCUT2D eigenvalue weighted by atomic mass is 35.5. The van der Waals surface area contributed by atoms with Crippen LogP contribution >= 0.6 is 22.9 Å². The summed E-state index contributed by atoms with van der Waals surface area (Å²) in [5, 5.41) is 2.44. The van der Waals surface area contributed by atoms with Crippen LogP contribution in [-0.2, 0) is 13.0 Å². The molecule has 4 nitrogen and oxygen atoms in total. The molecule has 1 aliphatic heterocycles. The first-order chi connectivity index (χ1) is 10.1. The minimum atomic E-state index is -0.0781. The number of anilines is 1. The molecule has 0 aliphatic carbocycles. The second-order valence-corrected chi connectivity index (χ2v) is 6.33. The first kappa shape index (κ1) is 14.2. The van der Waals surface area contributed by atoms with E-state index in [1.54, 1.807) is 23.5 Å². The molecular weight excluding hydrogens is 308 g/mol. The second-order valence-electron chi connectivity index (χ2n) is 4.92. The van der Waals surface area contributed by atoms with Crippen molar-refractivity contribution in [3.05, 3.63) is 44.6 Å². The molecule has 0 fully saturated rings. The molecule has 3 rings (SSSR count). The number of rotatable bonds is 2. The monoisotopic (exact) mass is 322 g/mol. The number of fused-ring (bicyclic) bond motifs is 1. The number of hydrogen-bond acceptors (Lipinski definition) is 4. The van der Waals surface area contributed by atoms with Crippen LogP contribution in [0, 0.1) is 0 Å². The van der Waals surface area contributed by atoms with E-state index in [0.29, 0.717) is 35.1 Å². The van der Waals surface area contributed by atoms with Gasteiger partial charge in [0.15, 0.2) is 0 Å². The Bertz CT molecular complexity index is 699. The van der Waals surface area contributed by atoms with E-state index in [0.717, 1.165) is 6.42 Å². The molecule has 0 bridgehead atoms. The van der Waals surface area contributed by atoms with E-state index in [4.69, 9.17) is 22.1 Å². The quantitative estimate of drug-likeness (QED) is 0.864. The largest absolute Gasteiger partial charge is 0.496 e. The van der Waals surface area contributed by atoms with Gasteiger partial charge in [0.2, 0.25) is 0 Å². The van der Waals surface area contributed by atoms with Crippen LogP contribution in [0.5, 0.6) is 5.75 Å². The molecule has 0 atom stereocenters. The smallest absolute Gasteiger partial charge is 0.257 e. The number of hydrogen-bond donors (Lipinski definition) is 1. The number of amides is 1. The number of carbonyl (C=O) groups excluding carboxylic acids is 1. The van der Waals surface area contributed by atoms with Crippen molar-refractivity contribution >= 4 is 34.5 Å². The number of halogens is 1. The van der Waals surface area contributed by atoms with Gasteiger partial charge in [-0.3, -0.25) is 4.79 Å². The number of nitrogens with two attached hydrogens (primary N) is 1. The lowest BCUT2D eigenvalue weighted by molar-refractivity contribution is 0.0732. The van der Waals surface area contributed by atoms with Crippen LogP contribution in [0.1, 0.15) is 20.8 Å². The van der Waals surface area contributed by atoms with Gasteiger partial charge in [0.1, 0.15) is 5.75 Å². The minimum Gasteiger partial charge on any atom is -0.496 e. The highest BCUT2D eigenvalue weighted by molar-refractivity contribution is 7.10. The van der Waals surface area contributed by atoms with Crippen molar-refractivity contribution in [1.29, 1.82) is 0 Å². The molecule has 0 radical (unpaired) electrons. The van der Waals surface area contributed by atoms with E-state index < -0.39 is 0 Å². The van der Waals surface area contributed by atoms with Crippen LogP contribution in [0.4, 0.5) is 5.69 Å². The van der Waals surface area contributed by atoms with Gasteiger partial charge in [0.05, 0.1) is 23.4 Å². The summed E-state index contributed by atoms with van der Waals surface area (Å²) in [5.74, 6) is 0.378. The molecule has 2 N–H and O–H groups in total. The van der Waals surface area contributed by atoms with Crippen molar-refractivity contribution in [2.24, 2.45) is 0 Å². The predicted molar refractivity (Wildman–Crippen MR) is 85.2 cm³/mol. The number of ether oxygens (including phenoxy) is 1. The van der Waals surface area contributed by atoms with E-state index in [1.165, 1.54) is 17.6 Å². The van der Waals surface area contributed by atoms with Crippen LogP contribution in [0.2, 0.25) is 5.02 Å². The molecule has 2 aromatic rings. The first-order valence-electron chi connectivity index (χ1n) is 6.57. The molecular formula is C15H15ClN2O2S. The average Bonchev–Trinajstić information content (AvgIpc) is 2.96. The molecule has 0 saturated heterocycles. The average molecular weight is 323 g/mol. The number of methoxy groups -OCH3 is 1. The Morgan fingerprint density at radius 3 is 3.05 bits per heavy atom. The van der Waals surface area contributed by atoms with Gasteiger partial charge >= 0.3 is 0 Å². The van der Waals surface area contributed by atoms with Gasteiger partial charge < -0.3 is 15.4 Å². The van der Waals surface area contributed by atoms with Crippen LogP contribution < -0.4 is 10.5 Å². The molecule has 6 heteroatoms. The van der Waals surface area contributed by atoms with E-state index in [-0.39, 0.29) is 5.91 Å². The van der Waals surface area contributed by atoms with E-state index in [9.17, 15) is 4.79 Å². The van der Waals surface area contributed by atoms with E-state index >= 15 is 0 Å². The Labute approximate surface area is 132 Å². The fourth-order valence-corrected chi connectivity index (χ4v) is 3.55. The third kappa shape index (κ3) is 2.59. The summed E-state index contributed by atoms with van der Waals surface area (Å²) in [7, 11) is 1.52. The van der Waals surface area contributed by atoms with Crippen molar-refractivity contribution < 1.29 is 9.53 Å². The second kappa shape index (κ2) is 5.58. The first-order valence-corrected chi connectivity index (χ1v) is 7.83. The summed E-state index contributed by atoms with van der Waals surface area (Å²) in [5.41, 5.74) is 7.84. The Kier molecular flexibility index (Phi) is 3.78. The summed E-state index contributed by atoms with van der Waals surface area (Å²) < 4.78 is 5.26. The van der Waals surface area contributed by atoms with Gasteiger partial charge in [-0.2, -0.15) is 0 Å². The minimum absolute atomic E-state index is 0.0781. The molecule has 110 valence electrons. The van der Waals surface area contributed by atoms with Gasteiger partial charge in [-0.25, -0.2) is 0 Å². The number of thiophene rings is 1. The predicted octanol–water partition coefficient (Wildman–Crippen LogP) is 3.19. The highest BCUT2D eigenvalue weighted by Crippen LogP contribution is 2.31. The normalized spacial score (nSPS) is 13.9. The van der Waals surface area contributed by atoms with Crippen LogP contribution in [0.3, 0.4) is 0 Å². The van der Waals surface area contributed by atoms with Crippen LogP contribution in [-0.4, -0.2) is 24.5 Å². The summed E-state index contributed by atoms with van der Waals surface area (Å²) in [4.78, 5) is 15.9. The van der Waals surface area contributed by atoms with Crippen molar-refractivity contribution in [1.82, 2.24) is 4.90 Å². The van der Waals surface area contributed by atoms with Gasteiger partial charge in [-0.1, -0.05) is 11.6 Å². The molecule has 0 saturated carbocycles. The number of nitrogen functional groups attached to an aromatic ring is 1. The molecule has 1 aromatic heterocycles. The maximum Gasteiger partial charge on any atom is 0.257 e. The third-order valence-electron chi connectivity index (χ3n) is 3.64. The molecule has 0 spiro atoms. The maximum atomic E-state index is 12.7. The zero-order valence-electron chi connectivity index (χ0n) is 11.6. The summed E-state index contributed by atoms with van der Waals surface area (Å²) in [6.45, 7) is 1.33. The van der Waals surface area contributed by atoms with Crippen molar-refractivity contribution in [3.63, 3.8) is 0 Å². The van der Waals surface area contributed by atoms with Crippen molar-refractivity contribution in [2.45, 2.75) is 13.0 Å². The van der Waals surface area contributed by atoms with E-state index in [1.807, 2.05) is 4.90 Å². The number of carbonyl (C=O) groups is 1. The summed E-state index contributed by atoms with van der Waals surface area (Å²) >= 11 is 7.79. The lowest BCUT2D eigenvalue weighted by Crippen LogP contribution is -2.35. The molecule has 1 aliphatic rings. The Balaban J connectivity index is 1.91. The van der Waals surface area contributed by atoms with Crippen LogP contribution in [0.15, 0.2) is 23.6 Å². The van der Waals surface area contributed by atoms with E-state index in [2.05, 4.69) is 11.4 Å². The molecule has 1 aromatic carbocycles. The van der Waals surface area contributed by atoms with Crippen LogP contribution in [0.25, 0.3) is 0 Å². The molecule has 1 amide bonds. The highest BCUT2D eigenvalue weighted by Gasteiger charge is 2.25. The Hall–Kier alpha value is -1.72. The fraction of sp³-hybridized carbons (Fsp3) is 0.267. The van der Waals surface area contributed by atoms with Gasteiger partial charge in [0, 0.05) is 24.0 Å². The standard InChI is InChI=1S/C15H15ClN2O2S/c1-20-13-7-12(17)11(16)6-10(13)15(19)18-4-2-14-9(8-18)3-5-21-14/h3,5-7H,2,4,8,17H2,1H3. The SMILES string of the molecule is COc1cc(N)c(Cl)cc1C(=O)N1CCc2sccc2C1. The molecule has 21 heavy (non-hydrogen) atoms. The number of nitrogens with zero attached hydrogens (tertiary/aromatic N) is 1. The van der Waals surface area contributed by atoms with Crippen molar-refractivity contribution in [3.8, 4) is 5.75 Å². The van der Waals surface area contributed by atoms with Gasteiger partial charge in [-0.05, 0) is 29.5 Å². The lowest BCUT2D eigenvalue weighted by Gasteiger charge is -2.27. The lowest BCUT2D eigenvalue weighted by atomic mass is 10.1. The maximum absolute atomic E-state index is 12.7. The van der Waals surface area contributed by atoms with Crippen molar-refractivity contribution in [2.75, 3.05) is 19.4 Å². The molecule has 2 heterocycles. The van der Waals surface area contributed by atoms with Gasteiger partial charge in [0.25, 0.3) is 5.91 Å². The Morgan fingerprint density at radius 2 is 2.29 bits per heavy atom. The van der Waals surface area contributed by atoms with Gasteiger partial charge in [-0.15, -0.1) is 11.3 Å². The zero-order chi connectivity index (χ0) is 15.0. The summed E-state index contributed by atoms with van der Waals surface area (Å²) in [6.07, 6.45) is 0.893. The zero-order valence-corrected chi connectivity index (χ0v) is 13.1.